The number of anilines is 1. The number of aryl methyl sites for hydroxylation is 1. The minimum Gasteiger partial charge on any atom is -0.364 e. The van der Waals surface area contributed by atoms with Crippen LogP contribution in [0.4, 0.5) is 5.82 Å². The molecule has 0 spiro atoms. The number of hydrogen-bond donors (Lipinski definition) is 0. The molecule has 0 saturated carbocycles. The second kappa shape index (κ2) is 8.49. The summed E-state index contributed by atoms with van der Waals surface area (Å²) in [7, 11) is 1.84. The summed E-state index contributed by atoms with van der Waals surface area (Å²) in [5.41, 5.74) is 4.24. The molecule has 1 unspecified atom stereocenters. The number of piperidine rings is 1. The summed E-state index contributed by atoms with van der Waals surface area (Å²) in [4.78, 5) is 27.1. The molecule has 0 radical (unpaired) electrons. The van der Waals surface area contributed by atoms with Crippen LogP contribution in [0, 0.1) is 5.92 Å². The van der Waals surface area contributed by atoms with E-state index in [0.29, 0.717) is 13.1 Å². The first-order valence-corrected chi connectivity index (χ1v) is 11.0. The molecular weight excluding hydrogens is 390 g/mol. The average Bonchev–Trinajstić information content (AvgIpc) is 3.50. The molecule has 1 atom stereocenters. The van der Waals surface area contributed by atoms with Gasteiger partial charge in [-0.15, -0.1) is 0 Å². The summed E-state index contributed by atoms with van der Waals surface area (Å²) in [6.45, 7) is 2.08. The third-order valence-electron chi connectivity index (χ3n) is 6.28. The zero-order valence-electron chi connectivity index (χ0n) is 17.8. The summed E-state index contributed by atoms with van der Waals surface area (Å²) in [6, 6.07) is 12.0. The second-order valence-corrected chi connectivity index (χ2v) is 8.49. The van der Waals surface area contributed by atoms with Gasteiger partial charge in [-0.25, -0.2) is 9.97 Å². The van der Waals surface area contributed by atoms with E-state index in [1.807, 2.05) is 25.2 Å². The molecule has 1 aromatic carbocycles. The van der Waals surface area contributed by atoms with Gasteiger partial charge in [0, 0.05) is 43.0 Å². The minimum absolute atomic E-state index is 0.0437. The highest BCUT2D eigenvalue weighted by Gasteiger charge is 2.31. The van der Waals surface area contributed by atoms with E-state index in [4.69, 9.17) is 14.5 Å². The number of fused-ring (bicyclic) bond motifs is 1. The number of benzene rings is 1. The van der Waals surface area contributed by atoms with E-state index >= 15 is 0 Å². The number of carbonyl (C=O) groups is 1. The van der Waals surface area contributed by atoms with Gasteiger partial charge < -0.3 is 14.3 Å². The van der Waals surface area contributed by atoms with Crippen molar-refractivity contribution >= 4 is 11.7 Å². The van der Waals surface area contributed by atoms with Gasteiger partial charge in [0.25, 0.3) is 0 Å². The fourth-order valence-electron chi connectivity index (χ4n) is 4.71. The van der Waals surface area contributed by atoms with E-state index < -0.39 is 0 Å². The molecule has 2 aliphatic rings. The van der Waals surface area contributed by atoms with E-state index in [-0.39, 0.29) is 11.8 Å². The predicted molar refractivity (Wildman–Crippen MR) is 117 cm³/mol. The molecule has 160 valence electrons. The molecule has 1 saturated heterocycles. The second-order valence-electron chi connectivity index (χ2n) is 8.49. The maximum Gasteiger partial charge on any atom is 0.227 e. The molecule has 0 N–H and O–H groups in total. The topological polar surface area (TPSA) is 75.4 Å². The number of carbonyl (C=O) groups excluding carboxylic acids is 1. The molecule has 2 aromatic heterocycles. The van der Waals surface area contributed by atoms with Gasteiger partial charge in [0.2, 0.25) is 5.91 Å². The van der Waals surface area contributed by atoms with Crippen LogP contribution in [-0.4, -0.2) is 46.1 Å². The van der Waals surface area contributed by atoms with Crippen LogP contribution in [0.2, 0.25) is 0 Å². The predicted octanol–water partition coefficient (Wildman–Crippen LogP) is 3.50. The maximum absolute atomic E-state index is 13.1. The van der Waals surface area contributed by atoms with Crippen LogP contribution in [0.5, 0.6) is 0 Å². The van der Waals surface area contributed by atoms with Crippen molar-refractivity contribution in [3.63, 3.8) is 0 Å². The lowest BCUT2D eigenvalue weighted by Gasteiger charge is -2.35. The quantitative estimate of drug-likeness (QED) is 0.633. The minimum atomic E-state index is -0.0437. The van der Waals surface area contributed by atoms with Crippen LogP contribution < -0.4 is 4.90 Å². The summed E-state index contributed by atoms with van der Waals surface area (Å²) < 4.78 is 4.90. The lowest BCUT2D eigenvalue weighted by Crippen LogP contribution is -2.44. The Hall–Kier alpha value is -3.22. The van der Waals surface area contributed by atoms with Gasteiger partial charge in [0.15, 0.2) is 5.82 Å². The zero-order chi connectivity index (χ0) is 21.2. The zero-order valence-corrected chi connectivity index (χ0v) is 17.8. The Morgan fingerprint density at radius 2 is 2.03 bits per heavy atom. The fourth-order valence-corrected chi connectivity index (χ4v) is 4.71. The molecule has 31 heavy (non-hydrogen) atoms. The van der Waals surface area contributed by atoms with Crippen LogP contribution >= 0.6 is 0 Å². The van der Waals surface area contributed by atoms with Crippen LogP contribution in [0.1, 0.15) is 36.2 Å². The fraction of sp³-hybridized carbons (Fsp3) is 0.417. The number of aromatic nitrogens is 3. The molecule has 3 aromatic rings. The molecule has 7 nitrogen and oxygen atoms in total. The molecule has 5 rings (SSSR count). The summed E-state index contributed by atoms with van der Waals surface area (Å²) >= 11 is 0. The Kier molecular flexibility index (Phi) is 5.40. The number of hydrogen-bond acceptors (Lipinski definition) is 6. The maximum atomic E-state index is 13.1. The summed E-state index contributed by atoms with van der Waals surface area (Å²) in [5.74, 6) is 1.92. The smallest absolute Gasteiger partial charge is 0.227 e. The van der Waals surface area contributed by atoms with Gasteiger partial charge in [0.05, 0.1) is 12.5 Å². The summed E-state index contributed by atoms with van der Waals surface area (Å²) in [6.07, 6.45) is 6.55. The van der Waals surface area contributed by atoms with Crippen LogP contribution in [0.25, 0.3) is 11.4 Å². The largest absolute Gasteiger partial charge is 0.364 e. The van der Waals surface area contributed by atoms with Gasteiger partial charge in [-0.1, -0.05) is 35.5 Å². The lowest BCUT2D eigenvalue weighted by atomic mass is 9.96. The Balaban J connectivity index is 1.39. The van der Waals surface area contributed by atoms with Crippen molar-refractivity contribution < 1.29 is 9.32 Å². The van der Waals surface area contributed by atoms with Crippen molar-refractivity contribution in [2.24, 2.45) is 5.92 Å². The van der Waals surface area contributed by atoms with Gasteiger partial charge in [-0.3, -0.25) is 4.79 Å². The highest BCUT2D eigenvalue weighted by atomic mass is 16.5. The standard InChI is InChI=1S/C24H27N5O2/c1-28(16-19-12-14-31-27-19)24(30)18-9-6-13-29(15-18)23-20-10-5-11-21(20)25-22(26-23)17-7-3-2-4-8-17/h2-4,7-8,12,14,18H,5-6,9-11,13,15-16H2,1H3. The third-order valence-corrected chi connectivity index (χ3v) is 6.28. The molecule has 3 heterocycles. The Morgan fingerprint density at radius 3 is 2.84 bits per heavy atom. The molecule has 7 heteroatoms. The highest BCUT2D eigenvalue weighted by molar-refractivity contribution is 5.79. The SMILES string of the molecule is CN(Cc1ccon1)C(=O)C1CCCN(c2nc(-c3ccccc3)nc3c2CCC3)C1. The highest BCUT2D eigenvalue weighted by Crippen LogP contribution is 2.33. The normalized spacial score (nSPS) is 18.1. The molecule has 1 fully saturated rings. The van der Waals surface area contributed by atoms with E-state index in [1.165, 1.54) is 17.5 Å². The molecular formula is C24H27N5O2. The Bertz CT molecular complexity index is 1050. The molecule has 1 aliphatic carbocycles. The van der Waals surface area contributed by atoms with Crippen molar-refractivity contribution in [2.45, 2.75) is 38.6 Å². The number of amides is 1. The van der Waals surface area contributed by atoms with Crippen LogP contribution in [0.3, 0.4) is 0 Å². The van der Waals surface area contributed by atoms with Crippen molar-refractivity contribution in [3.05, 3.63) is 59.6 Å². The van der Waals surface area contributed by atoms with Crippen molar-refractivity contribution in [3.8, 4) is 11.4 Å². The third kappa shape index (κ3) is 4.04. The lowest BCUT2D eigenvalue weighted by molar-refractivity contribution is -0.135. The van der Waals surface area contributed by atoms with Crippen LogP contribution in [-0.2, 0) is 24.2 Å². The van der Waals surface area contributed by atoms with Crippen LogP contribution in [0.15, 0.2) is 47.2 Å². The Labute approximate surface area is 182 Å². The first-order valence-electron chi connectivity index (χ1n) is 11.0. The number of nitrogens with zero attached hydrogens (tertiary/aromatic N) is 5. The molecule has 1 aliphatic heterocycles. The molecule has 0 bridgehead atoms. The van der Waals surface area contributed by atoms with Gasteiger partial charge in [-0.2, -0.15) is 0 Å². The monoisotopic (exact) mass is 417 g/mol. The van der Waals surface area contributed by atoms with Crippen molar-refractivity contribution in [2.75, 3.05) is 25.0 Å². The van der Waals surface area contributed by atoms with Gasteiger partial charge in [0.1, 0.15) is 17.8 Å². The Morgan fingerprint density at radius 1 is 1.16 bits per heavy atom. The molecule has 1 amide bonds. The van der Waals surface area contributed by atoms with Gasteiger partial charge >= 0.3 is 0 Å². The van der Waals surface area contributed by atoms with E-state index in [9.17, 15) is 4.79 Å². The first kappa shape index (κ1) is 19.7. The van der Waals surface area contributed by atoms with Gasteiger partial charge in [-0.05, 0) is 32.1 Å². The van der Waals surface area contributed by atoms with Crippen molar-refractivity contribution in [1.29, 1.82) is 0 Å². The number of rotatable bonds is 5. The van der Waals surface area contributed by atoms with Crippen molar-refractivity contribution in [1.82, 2.24) is 20.0 Å². The van der Waals surface area contributed by atoms with E-state index in [2.05, 4.69) is 22.2 Å². The average molecular weight is 418 g/mol. The summed E-state index contributed by atoms with van der Waals surface area (Å²) in [5, 5.41) is 3.93. The van der Waals surface area contributed by atoms with E-state index in [0.717, 1.165) is 61.5 Å². The van der Waals surface area contributed by atoms with E-state index in [1.54, 1.807) is 11.0 Å². The first-order chi connectivity index (χ1) is 15.2.